The van der Waals surface area contributed by atoms with Crippen LogP contribution in [0.4, 0.5) is 5.69 Å². The molecule has 2 aromatic carbocycles. The van der Waals surface area contributed by atoms with Gasteiger partial charge in [-0.15, -0.1) is 5.73 Å². The quantitative estimate of drug-likeness (QED) is 0.222. The second-order valence-electron chi connectivity index (χ2n) is 6.83. The van der Waals surface area contributed by atoms with E-state index in [1.807, 2.05) is 43.3 Å². The zero-order valence-electron chi connectivity index (χ0n) is 16.8. The van der Waals surface area contributed by atoms with Gasteiger partial charge in [-0.05, 0) is 54.1 Å². The van der Waals surface area contributed by atoms with Crippen LogP contribution in [0, 0.1) is 0 Å². The molecule has 3 rings (SSSR count). The summed E-state index contributed by atoms with van der Waals surface area (Å²) in [5.41, 5.74) is 5.30. The summed E-state index contributed by atoms with van der Waals surface area (Å²) < 4.78 is 32.6. The predicted octanol–water partition coefficient (Wildman–Crippen LogP) is 2.79. The van der Waals surface area contributed by atoms with Crippen LogP contribution < -0.4 is 10.5 Å². The highest BCUT2D eigenvalue weighted by Gasteiger charge is 2.15. The Bertz CT molecular complexity index is 1280. The number of aromatic nitrogens is 2. The van der Waals surface area contributed by atoms with E-state index in [4.69, 9.17) is 9.81 Å². The van der Waals surface area contributed by atoms with Crippen LogP contribution in [0.2, 0.25) is 0 Å². The minimum atomic E-state index is -4.34. The normalized spacial score (nSPS) is 11.1. The van der Waals surface area contributed by atoms with Crippen LogP contribution in [-0.4, -0.2) is 42.1 Å². The Hall–Kier alpha value is -3.40. The first-order valence-electron chi connectivity index (χ1n) is 9.09. The van der Waals surface area contributed by atoms with E-state index >= 15 is 0 Å². The van der Waals surface area contributed by atoms with Gasteiger partial charge in [0.1, 0.15) is 6.61 Å². The summed E-state index contributed by atoms with van der Waals surface area (Å²) in [6.45, 7) is -0.267. The van der Waals surface area contributed by atoms with E-state index < -0.39 is 15.7 Å². The Labute approximate surface area is 178 Å². The van der Waals surface area contributed by atoms with Crippen molar-refractivity contribution in [2.24, 2.45) is 0 Å². The van der Waals surface area contributed by atoms with E-state index in [0.717, 1.165) is 11.3 Å². The first-order chi connectivity index (χ1) is 14.7. The third-order valence-corrected chi connectivity index (χ3v) is 5.36. The lowest BCUT2D eigenvalue weighted by Gasteiger charge is -2.11. The van der Waals surface area contributed by atoms with Crippen molar-refractivity contribution in [1.29, 1.82) is 0 Å². The molecule has 0 aliphatic rings. The van der Waals surface area contributed by atoms with Crippen LogP contribution >= 0.6 is 0 Å². The lowest BCUT2D eigenvalue weighted by atomic mass is 10.2. The highest BCUT2D eigenvalue weighted by Crippen LogP contribution is 2.15. The summed E-state index contributed by atoms with van der Waals surface area (Å²) in [4.78, 5) is 18.7. The van der Waals surface area contributed by atoms with Crippen molar-refractivity contribution in [2.45, 2.75) is 11.5 Å². The zero-order chi connectivity index (χ0) is 22.6. The van der Waals surface area contributed by atoms with E-state index in [1.54, 1.807) is 6.08 Å². The topological polar surface area (TPSA) is 125 Å². The van der Waals surface area contributed by atoms with Gasteiger partial charge in [-0.2, -0.15) is 8.42 Å². The van der Waals surface area contributed by atoms with Crippen LogP contribution in [0.15, 0.2) is 64.0 Å². The number of hydrogen-bond donors (Lipinski definition) is 3. The predicted molar refractivity (Wildman–Crippen MR) is 117 cm³/mol. The Morgan fingerprint density at radius 2 is 1.74 bits per heavy atom. The van der Waals surface area contributed by atoms with Gasteiger partial charge in [0.05, 0.1) is 21.8 Å². The highest BCUT2D eigenvalue weighted by molar-refractivity contribution is 7.85. The third-order valence-electron chi connectivity index (χ3n) is 4.49. The number of nitrogens with zero attached hydrogens (tertiary/aromatic N) is 2. The number of aromatic amines is 1. The van der Waals surface area contributed by atoms with Crippen molar-refractivity contribution in [3.8, 4) is 5.69 Å². The molecule has 1 heterocycles. The second kappa shape index (κ2) is 9.17. The maximum absolute atomic E-state index is 12.8. The number of benzene rings is 2. The van der Waals surface area contributed by atoms with Crippen molar-refractivity contribution in [1.82, 2.24) is 9.78 Å². The first kappa shape index (κ1) is 22.3. The van der Waals surface area contributed by atoms with Gasteiger partial charge in [-0.1, -0.05) is 12.1 Å². The summed E-state index contributed by atoms with van der Waals surface area (Å²) in [6.07, 6.45) is 3.18. The number of anilines is 1. The standard InChI is InChI=1S/C21H21N3O6S/c1-23(2)16-8-6-15(7-9-16)4-3-5-19-20(14-30-26)22-24(21(19)25)17-10-12-18(13-11-17)31(27,28)29/h4-13,22,26H,14H2,1-2H3,(H,27,28,29). The highest BCUT2D eigenvalue weighted by atomic mass is 32.2. The molecule has 9 nitrogen and oxygen atoms in total. The summed E-state index contributed by atoms with van der Waals surface area (Å²) in [6, 6.07) is 12.8. The molecule has 0 radical (unpaired) electrons. The van der Waals surface area contributed by atoms with Gasteiger partial charge in [-0.3, -0.25) is 19.7 Å². The van der Waals surface area contributed by atoms with Crippen molar-refractivity contribution in [3.63, 3.8) is 0 Å². The van der Waals surface area contributed by atoms with Crippen LogP contribution in [0.1, 0.15) is 16.8 Å². The molecule has 162 valence electrons. The van der Waals surface area contributed by atoms with Gasteiger partial charge in [0.2, 0.25) is 0 Å². The maximum atomic E-state index is 12.8. The Morgan fingerprint density at radius 3 is 2.29 bits per heavy atom. The Kier molecular flexibility index (Phi) is 6.59. The molecule has 10 heteroatoms. The second-order valence-corrected chi connectivity index (χ2v) is 8.25. The molecule has 0 saturated carbocycles. The van der Waals surface area contributed by atoms with Crippen molar-refractivity contribution < 1.29 is 23.1 Å². The van der Waals surface area contributed by atoms with Crippen LogP contribution in [-0.2, 0) is 21.6 Å². The number of hydrogen-bond acceptors (Lipinski definition) is 6. The summed E-state index contributed by atoms with van der Waals surface area (Å²) in [5.74, 6) is 0. The van der Waals surface area contributed by atoms with Gasteiger partial charge in [0.15, 0.2) is 0 Å². The minimum absolute atomic E-state index is 0.217. The number of rotatable bonds is 7. The van der Waals surface area contributed by atoms with Gasteiger partial charge < -0.3 is 4.90 Å². The molecule has 0 unspecified atom stereocenters. The molecule has 0 aliphatic carbocycles. The average Bonchev–Trinajstić information content (AvgIpc) is 3.04. The van der Waals surface area contributed by atoms with Crippen molar-refractivity contribution in [2.75, 3.05) is 19.0 Å². The van der Waals surface area contributed by atoms with Crippen LogP contribution in [0.25, 0.3) is 17.8 Å². The fraction of sp³-hybridized carbons (Fsp3) is 0.143. The molecule has 1 aromatic heterocycles. The fourth-order valence-corrected chi connectivity index (χ4v) is 3.34. The molecule has 3 aromatic rings. The molecule has 0 spiro atoms. The van der Waals surface area contributed by atoms with Crippen LogP contribution in [0.5, 0.6) is 0 Å². The molecule has 0 saturated heterocycles. The fourth-order valence-electron chi connectivity index (χ4n) is 2.86. The smallest absolute Gasteiger partial charge is 0.294 e. The maximum Gasteiger partial charge on any atom is 0.294 e. The van der Waals surface area contributed by atoms with Gasteiger partial charge >= 0.3 is 0 Å². The molecule has 0 amide bonds. The lowest BCUT2D eigenvalue weighted by molar-refractivity contribution is -0.253. The lowest BCUT2D eigenvalue weighted by Crippen LogP contribution is -2.15. The summed E-state index contributed by atoms with van der Waals surface area (Å²) in [5, 5.41) is 11.7. The minimum Gasteiger partial charge on any atom is -0.378 e. The summed E-state index contributed by atoms with van der Waals surface area (Å²) >= 11 is 0. The molecule has 3 N–H and O–H groups in total. The van der Waals surface area contributed by atoms with Gasteiger partial charge in [0, 0.05) is 19.8 Å². The van der Waals surface area contributed by atoms with E-state index in [9.17, 15) is 13.2 Å². The molecule has 31 heavy (non-hydrogen) atoms. The van der Waals surface area contributed by atoms with Gasteiger partial charge in [-0.25, -0.2) is 9.57 Å². The Morgan fingerprint density at radius 1 is 1.10 bits per heavy atom. The largest absolute Gasteiger partial charge is 0.378 e. The molecular formula is C21H21N3O6S. The SMILES string of the molecule is CN(C)c1ccc(C=C=Cc2c(COO)[nH]n(-c3ccc(S(=O)(=O)O)cc3)c2=O)cc1. The molecule has 0 aliphatic heterocycles. The van der Waals surface area contributed by atoms with Crippen molar-refractivity contribution in [3.05, 3.63) is 81.4 Å². The average molecular weight is 443 g/mol. The molecular weight excluding hydrogens is 422 g/mol. The Balaban J connectivity index is 1.96. The molecule has 0 fully saturated rings. The number of H-pyrrole nitrogens is 1. The zero-order valence-corrected chi connectivity index (χ0v) is 17.6. The van der Waals surface area contributed by atoms with Crippen LogP contribution in [0.3, 0.4) is 0 Å². The van der Waals surface area contributed by atoms with E-state index in [2.05, 4.69) is 15.7 Å². The third kappa shape index (κ3) is 5.21. The molecule has 0 bridgehead atoms. The first-order valence-corrected chi connectivity index (χ1v) is 10.5. The van der Waals surface area contributed by atoms with E-state index in [0.29, 0.717) is 11.4 Å². The van der Waals surface area contributed by atoms with Gasteiger partial charge in [0.25, 0.3) is 15.7 Å². The van der Waals surface area contributed by atoms with E-state index in [1.165, 1.54) is 35.0 Å². The van der Waals surface area contributed by atoms with Crippen molar-refractivity contribution >= 4 is 28.0 Å². The molecule has 0 atom stereocenters. The monoisotopic (exact) mass is 443 g/mol. The van der Waals surface area contributed by atoms with E-state index in [-0.39, 0.29) is 17.1 Å². The number of nitrogens with one attached hydrogen (secondary N) is 1. The summed E-state index contributed by atoms with van der Waals surface area (Å²) in [7, 11) is -0.449.